The number of carboxylic acids is 1. The number of carbonyl (C=O) groups is 2. The Kier molecular flexibility index (Phi) is 5.39. The van der Waals surface area contributed by atoms with E-state index < -0.39 is 5.97 Å². The van der Waals surface area contributed by atoms with Crippen LogP contribution in [0.15, 0.2) is 0 Å². The summed E-state index contributed by atoms with van der Waals surface area (Å²) < 4.78 is 0. The number of piperazine rings is 1. The van der Waals surface area contributed by atoms with Gasteiger partial charge in [-0.3, -0.25) is 9.69 Å². The minimum Gasteiger partial charge on any atom is -0.480 e. The molecule has 1 saturated heterocycles. The van der Waals surface area contributed by atoms with Crippen molar-refractivity contribution in [1.29, 1.82) is 0 Å². The molecule has 0 bridgehead atoms. The number of nitrogens with zero attached hydrogens (tertiary/aromatic N) is 3. The molecule has 2 amide bonds. The fraction of sp³-hybridized carbons (Fsp3) is 0.857. The Morgan fingerprint density at radius 3 is 2.40 bits per heavy atom. The number of hydrogen-bond acceptors (Lipinski definition) is 3. The number of urea groups is 1. The van der Waals surface area contributed by atoms with Crippen LogP contribution in [-0.4, -0.2) is 76.6 Å². The maximum atomic E-state index is 12.6. The molecule has 1 unspecified atom stereocenters. The van der Waals surface area contributed by atoms with Gasteiger partial charge in [0, 0.05) is 31.2 Å². The average Bonchev–Trinajstić information content (AvgIpc) is 2.37. The highest BCUT2D eigenvalue weighted by atomic mass is 16.4. The number of carboxylic acid groups (broad SMARTS) is 1. The van der Waals surface area contributed by atoms with Crippen LogP contribution in [0.3, 0.4) is 0 Å². The van der Waals surface area contributed by atoms with Gasteiger partial charge in [-0.2, -0.15) is 0 Å². The molecule has 0 aromatic carbocycles. The van der Waals surface area contributed by atoms with Crippen molar-refractivity contribution in [2.45, 2.75) is 45.7 Å². The van der Waals surface area contributed by atoms with Gasteiger partial charge in [0.1, 0.15) is 6.54 Å². The molecule has 1 atom stereocenters. The van der Waals surface area contributed by atoms with Gasteiger partial charge in [-0.1, -0.05) is 6.92 Å². The van der Waals surface area contributed by atoms with Crippen LogP contribution in [0, 0.1) is 0 Å². The maximum Gasteiger partial charge on any atom is 0.323 e. The minimum absolute atomic E-state index is 0.0682. The molecule has 1 heterocycles. The summed E-state index contributed by atoms with van der Waals surface area (Å²) >= 11 is 0. The molecule has 0 saturated carbocycles. The molecule has 1 fully saturated rings. The van der Waals surface area contributed by atoms with Crippen molar-refractivity contribution < 1.29 is 14.7 Å². The summed E-state index contributed by atoms with van der Waals surface area (Å²) in [5, 5.41) is 9.00. The second-order valence-corrected chi connectivity index (χ2v) is 6.22. The zero-order valence-corrected chi connectivity index (χ0v) is 13.2. The highest BCUT2D eigenvalue weighted by molar-refractivity contribution is 5.80. The van der Waals surface area contributed by atoms with Gasteiger partial charge in [0.15, 0.2) is 0 Å². The summed E-state index contributed by atoms with van der Waals surface area (Å²) in [5.74, 6) is -0.966. The van der Waals surface area contributed by atoms with Crippen LogP contribution >= 0.6 is 0 Å². The molecule has 6 heteroatoms. The molecule has 0 aliphatic carbocycles. The van der Waals surface area contributed by atoms with Crippen molar-refractivity contribution in [1.82, 2.24) is 14.7 Å². The summed E-state index contributed by atoms with van der Waals surface area (Å²) in [7, 11) is 2.05. The summed E-state index contributed by atoms with van der Waals surface area (Å²) in [6.07, 6.45) is 0.746. The number of hydrogen-bond donors (Lipinski definition) is 1. The number of aliphatic carboxylic acids is 1. The Bertz CT molecular complexity index is 371. The number of likely N-dealkylation sites (N-methyl/N-ethyl adjacent to an activating group) is 1. The van der Waals surface area contributed by atoms with Gasteiger partial charge in [0.2, 0.25) is 0 Å². The molecule has 0 spiro atoms. The highest BCUT2D eigenvalue weighted by Gasteiger charge is 2.36. The first-order valence-corrected chi connectivity index (χ1v) is 7.17. The van der Waals surface area contributed by atoms with E-state index in [1.165, 1.54) is 4.90 Å². The van der Waals surface area contributed by atoms with Gasteiger partial charge in [-0.15, -0.1) is 0 Å². The number of rotatable bonds is 4. The molecule has 6 nitrogen and oxygen atoms in total. The average molecular weight is 285 g/mol. The lowest BCUT2D eigenvalue weighted by molar-refractivity contribution is -0.138. The van der Waals surface area contributed by atoms with E-state index in [9.17, 15) is 9.59 Å². The Labute approximate surface area is 121 Å². The molecule has 1 aliphatic heterocycles. The molecular formula is C14H27N3O3. The van der Waals surface area contributed by atoms with Gasteiger partial charge in [-0.25, -0.2) is 4.79 Å². The normalized spacial score (nSPS) is 20.6. The van der Waals surface area contributed by atoms with Crippen molar-refractivity contribution in [3.63, 3.8) is 0 Å². The third-order valence-electron chi connectivity index (χ3n) is 4.26. The largest absolute Gasteiger partial charge is 0.480 e. The van der Waals surface area contributed by atoms with Crippen LogP contribution < -0.4 is 0 Å². The van der Waals surface area contributed by atoms with Gasteiger partial charge < -0.3 is 14.9 Å². The lowest BCUT2D eigenvalue weighted by Crippen LogP contribution is -2.61. The fourth-order valence-corrected chi connectivity index (χ4v) is 2.36. The zero-order valence-electron chi connectivity index (χ0n) is 13.2. The minimum atomic E-state index is -0.966. The third-order valence-corrected chi connectivity index (χ3v) is 4.26. The standard InChI is InChI=1S/C14H27N3O3/c1-6-11(2)17(9-12(18)19)13(20)16-8-7-15(5)14(3,4)10-16/h11H,6-10H2,1-5H3,(H,18,19). The summed E-state index contributed by atoms with van der Waals surface area (Å²) in [6.45, 7) is 9.87. The zero-order chi connectivity index (χ0) is 15.5. The van der Waals surface area contributed by atoms with Crippen LogP contribution in [0.25, 0.3) is 0 Å². The molecular weight excluding hydrogens is 258 g/mol. The topological polar surface area (TPSA) is 64.1 Å². The molecule has 1 aliphatic rings. The summed E-state index contributed by atoms with van der Waals surface area (Å²) in [4.78, 5) is 29.0. The fourth-order valence-electron chi connectivity index (χ4n) is 2.36. The quantitative estimate of drug-likeness (QED) is 0.846. The van der Waals surface area contributed by atoms with Crippen LogP contribution in [-0.2, 0) is 4.79 Å². The first kappa shape index (κ1) is 16.8. The van der Waals surface area contributed by atoms with Crippen LogP contribution in [0.5, 0.6) is 0 Å². The SMILES string of the molecule is CCC(C)N(CC(=O)O)C(=O)N1CCN(C)C(C)(C)C1. The molecule has 1 rings (SSSR count). The lowest BCUT2D eigenvalue weighted by Gasteiger charge is -2.46. The predicted molar refractivity (Wildman–Crippen MR) is 77.8 cm³/mol. The second kappa shape index (κ2) is 6.43. The Morgan fingerprint density at radius 2 is 1.95 bits per heavy atom. The van der Waals surface area contributed by atoms with Crippen LogP contribution in [0.4, 0.5) is 4.79 Å². The molecule has 0 aromatic rings. The van der Waals surface area contributed by atoms with Crippen molar-refractivity contribution in [3.05, 3.63) is 0 Å². The third kappa shape index (κ3) is 3.85. The van der Waals surface area contributed by atoms with Crippen LogP contribution in [0.2, 0.25) is 0 Å². The number of carbonyl (C=O) groups excluding carboxylic acids is 1. The summed E-state index contributed by atoms with van der Waals surface area (Å²) in [6, 6.07) is -0.232. The lowest BCUT2D eigenvalue weighted by atomic mass is 10.00. The van der Waals surface area contributed by atoms with Crippen LogP contribution in [0.1, 0.15) is 34.1 Å². The van der Waals surface area contributed by atoms with E-state index in [-0.39, 0.29) is 24.2 Å². The van der Waals surface area contributed by atoms with Gasteiger partial charge >= 0.3 is 12.0 Å². The van der Waals surface area contributed by atoms with E-state index in [1.54, 1.807) is 4.90 Å². The summed E-state index contributed by atoms with van der Waals surface area (Å²) in [5.41, 5.74) is -0.0851. The van der Waals surface area contributed by atoms with Gasteiger partial charge in [0.25, 0.3) is 0 Å². The monoisotopic (exact) mass is 285 g/mol. The predicted octanol–water partition coefficient (Wildman–Crippen LogP) is 1.32. The maximum absolute atomic E-state index is 12.6. The first-order chi connectivity index (χ1) is 9.19. The molecule has 20 heavy (non-hydrogen) atoms. The van der Waals surface area contributed by atoms with Crippen molar-refractivity contribution >= 4 is 12.0 Å². The van der Waals surface area contributed by atoms with E-state index in [2.05, 4.69) is 18.7 Å². The number of amides is 2. The molecule has 116 valence electrons. The van der Waals surface area contributed by atoms with E-state index in [0.29, 0.717) is 13.1 Å². The Morgan fingerprint density at radius 1 is 1.35 bits per heavy atom. The highest BCUT2D eigenvalue weighted by Crippen LogP contribution is 2.20. The Hall–Kier alpha value is -1.30. The van der Waals surface area contributed by atoms with E-state index in [0.717, 1.165) is 13.0 Å². The van der Waals surface area contributed by atoms with E-state index in [4.69, 9.17) is 5.11 Å². The second-order valence-electron chi connectivity index (χ2n) is 6.22. The molecule has 0 aromatic heterocycles. The van der Waals surface area contributed by atoms with Crippen molar-refractivity contribution in [2.75, 3.05) is 33.2 Å². The smallest absolute Gasteiger partial charge is 0.323 e. The molecule has 0 radical (unpaired) electrons. The van der Waals surface area contributed by atoms with Gasteiger partial charge in [-0.05, 0) is 34.2 Å². The Balaban J connectivity index is 2.82. The van der Waals surface area contributed by atoms with Crippen molar-refractivity contribution in [3.8, 4) is 0 Å². The molecule has 1 N–H and O–H groups in total. The van der Waals surface area contributed by atoms with Gasteiger partial charge in [0.05, 0.1) is 0 Å². The van der Waals surface area contributed by atoms with E-state index >= 15 is 0 Å². The van der Waals surface area contributed by atoms with E-state index in [1.807, 2.05) is 20.9 Å². The first-order valence-electron chi connectivity index (χ1n) is 7.17. The van der Waals surface area contributed by atoms with Crippen molar-refractivity contribution in [2.24, 2.45) is 0 Å².